The molecule has 1 saturated carbocycles. The Labute approximate surface area is 158 Å². The molecule has 0 radical (unpaired) electrons. The maximum atomic E-state index is 9.49. The summed E-state index contributed by atoms with van der Waals surface area (Å²) in [6.07, 6.45) is 6.38. The maximum absolute atomic E-state index is 9.49. The highest BCUT2D eigenvalue weighted by Crippen LogP contribution is 2.40. The zero-order valence-electron chi connectivity index (χ0n) is 16.4. The van der Waals surface area contributed by atoms with Gasteiger partial charge >= 0.3 is 0 Å². The van der Waals surface area contributed by atoms with Crippen LogP contribution in [0.25, 0.3) is 0 Å². The molecule has 2 aliphatic carbocycles. The number of aliphatic hydroxyl groups is 1. The summed E-state index contributed by atoms with van der Waals surface area (Å²) in [5, 5.41) is 9.49. The molecule has 26 heavy (non-hydrogen) atoms. The smallest absolute Gasteiger partial charge is 0.0704 e. The summed E-state index contributed by atoms with van der Waals surface area (Å²) < 4.78 is 11.6. The molecule has 4 nitrogen and oxygen atoms in total. The lowest BCUT2D eigenvalue weighted by molar-refractivity contribution is -0.00542. The molecule has 0 aromatic heterocycles. The van der Waals surface area contributed by atoms with E-state index in [2.05, 4.69) is 32.0 Å². The van der Waals surface area contributed by atoms with E-state index >= 15 is 0 Å². The van der Waals surface area contributed by atoms with Gasteiger partial charge in [0.1, 0.15) is 0 Å². The van der Waals surface area contributed by atoms with Crippen LogP contribution in [0.2, 0.25) is 0 Å². The summed E-state index contributed by atoms with van der Waals surface area (Å²) in [5.41, 5.74) is 10.2. The molecule has 0 aliphatic heterocycles. The van der Waals surface area contributed by atoms with Gasteiger partial charge in [0.25, 0.3) is 0 Å². The molecule has 0 saturated heterocycles. The number of nitrogens with two attached hydrogens (primary N) is 1. The summed E-state index contributed by atoms with van der Waals surface area (Å²) in [6, 6.07) is 6.93. The van der Waals surface area contributed by atoms with Crippen LogP contribution in [0, 0.1) is 5.92 Å². The van der Waals surface area contributed by atoms with Crippen molar-refractivity contribution in [2.45, 2.75) is 69.9 Å². The lowest BCUT2D eigenvalue weighted by Gasteiger charge is -2.26. The van der Waals surface area contributed by atoms with Crippen LogP contribution in [-0.4, -0.2) is 43.2 Å². The molecule has 4 heteroatoms. The van der Waals surface area contributed by atoms with Crippen LogP contribution in [0.3, 0.4) is 0 Å². The highest BCUT2D eigenvalue weighted by atomic mass is 16.5. The average Bonchev–Trinajstić information content (AvgIpc) is 3.04. The second-order valence-electron chi connectivity index (χ2n) is 8.69. The second-order valence-corrected chi connectivity index (χ2v) is 8.69. The van der Waals surface area contributed by atoms with Crippen LogP contribution in [0.1, 0.15) is 62.1 Å². The lowest BCUT2D eigenvalue weighted by Crippen LogP contribution is -2.40. The first-order valence-electron chi connectivity index (χ1n) is 10.2. The first-order chi connectivity index (χ1) is 12.5. The van der Waals surface area contributed by atoms with E-state index in [4.69, 9.17) is 15.2 Å². The SMILES string of the molecule is CC(C)COCCO[C@H]1CCc2cc([C@H]3CC[C@](N)(CO)C3)ccc2C1. The average molecular weight is 362 g/mol. The first kappa shape index (κ1) is 19.8. The highest BCUT2D eigenvalue weighted by molar-refractivity contribution is 5.36. The van der Waals surface area contributed by atoms with E-state index in [0.29, 0.717) is 31.2 Å². The van der Waals surface area contributed by atoms with Gasteiger partial charge < -0.3 is 20.3 Å². The fourth-order valence-corrected chi connectivity index (χ4v) is 4.32. The molecule has 3 N–H and O–H groups in total. The molecular formula is C22H35NO3. The largest absolute Gasteiger partial charge is 0.394 e. The monoisotopic (exact) mass is 361 g/mol. The van der Waals surface area contributed by atoms with Gasteiger partial charge in [-0.25, -0.2) is 0 Å². The predicted octanol–water partition coefficient (Wildman–Crippen LogP) is 3.19. The van der Waals surface area contributed by atoms with E-state index in [-0.39, 0.29) is 12.1 Å². The minimum absolute atomic E-state index is 0.0916. The fourth-order valence-electron chi connectivity index (χ4n) is 4.32. The Morgan fingerprint density at radius 3 is 2.81 bits per heavy atom. The van der Waals surface area contributed by atoms with E-state index < -0.39 is 0 Å². The van der Waals surface area contributed by atoms with Crippen LogP contribution in [0.4, 0.5) is 0 Å². The topological polar surface area (TPSA) is 64.7 Å². The number of hydrogen-bond donors (Lipinski definition) is 2. The minimum atomic E-state index is -0.378. The maximum Gasteiger partial charge on any atom is 0.0704 e. The van der Waals surface area contributed by atoms with Crippen molar-refractivity contribution in [2.75, 3.05) is 26.4 Å². The quantitative estimate of drug-likeness (QED) is 0.698. The van der Waals surface area contributed by atoms with Crippen molar-refractivity contribution in [3.63, 3.8) is 0 Å². The summed E-state index contributed by atoms with van der Waals surface area (Å²) in [7, 11) is 0. The van der Waals surface area contributed by atoms with Crippen LogP contribution in [0.15, 0.2) is 18.2 Å². The van der Waals surface area contributed by atoms with Gasteiger partial charge in [-0.05, 0) is 67.1 Å². The molecule has 1 aromatic carbocycles. The van der Waals surface area contributed by atoms with Crippen molar-refractivity contribution in [1.29, 1.82) is 0 Å². The van der Waals surface area contributed by atoms with Gasteiger partial charge in [0, 0.05) is 12.1 Å². The summed E-state index contributed by atoms with van der Waals surface area (Å²) >= 11 is 0. The number of aliphatic hydroxyl groups excluding tert-OH is 1. The molecule has 3 atom stereocenters. The summed E-state index contributed by atoms with van der Waals surface area (Å²) in [6.45, 7) is 6.60. The van der Waals surface area contributed by atoms with Gasteiger partial charge in [0.2, 0.25) is 0 Å². The number of fused-ring (bicyclic) bond motifs is 1. The van der Waals surface area contributed by atoms with Crippen LogP contribution >= 0.6 is 0 Å². The molecule has 0 bridgehead atoms. The lowest BCUT2D eigenvalue weighted by atomic mass is 9.85. The zero-order valence-corrected chi connectivity index (χ0v) is 16.4. The van der Waals surface area contributed by atoms with Crippen molar-refractivity contribution >= 4 is 0 Å². The molecule has 146 valence electrons. The van der Waals surface area contributed by atoms with Crippen LogP contribution in [-0.2, 0) is 22.3 Å². The summed E-state index contributed by atoms with van der Waals surface area (Å²) in [4.78, 5) is 0. The van der Waals surface area contributed by atoms with Crippen LogP contribution < -0.4 is 5.73 Å². The third-order valence-corrected chi connectivity index (χ3v) is 5.88. The number of aryl methyl sites for hydroxylation is 1. The van der Waals surface area contributed by atoms with Gasteiger partial charge in [-0.1, -0.05) is 32.0 Å². The molecule has 0 unspecified atom stereocenters. The minimum Gasteiger partial charge on any atom is -0.394 e. The van der Waals surface area contributed by atoms with E-state index in [1.54, 1.807) is 0 Å². The van der Waals surface area contributed by atoms with Crippen molar-refractivity contribution < 1.29 is 14.6 Å². The molecule has 2 aliphatic rings. The highest BCUT2D eigenvalue weighted by Gasteiger charge is 2.36. The zero-order chi connectivity index (χ0) is 18.6. The van der Waals surface area contributed by atoms with Crippen molar-refractivity contribution in [3.05, 3.63) is 34.9 Å². The third kappa shape index (κ3) is 5.07. The second kappa shape index (κ2) is 8.83. The van der Waals surface area contributed by atoms with Crippen molar-refractivity contribution in [3.8, 4) is 0 Å². The molecular weight excluding hydrogens is 326 g/mol. The Kier molecular flexibility index (Phi) is 6.73. The van der Waals surface area contributed by atoms with E-state index in [1.807, 2.05) is 0 Å². The third-order valence-electron chi connectivity index (χ3n) is 5.88. The van der Waals surface area contributed by atoms with E-state index in [9.17, 15) is 5.11 Å². The number of rotatable bonds is 8. The van der Waals surface area contributed by atoms with Gasteiger partial charge in [-0.3, -0.25) is 0 Å². The Morgan fingerprint density at radius 1 is 1.23 bits per heavy atom. The van der Waals surface area contributed by atoms with Crippen molar-refractivity contribution in [1.82, 2.24) is 0 Å². The Hall–Kier alpha value is -0.940. The summed E-state index contributed by atoms with van der Waals surface area (Å²) in [5.74, 6) is 1.07. The van der Waals surface area contributed by atoms with E-state index in [0.717, 1.165) is 45.1 Å². The Balaban J connectivity index is 1.50. The number of hydrogen-bond acceptors (Lipinski definition) is 4. The predicted molar refractivity (Wildman–Crippen MR) is 104 cm³/mol. The molecule has 0 heterocycles. The Morgan fingerprint density at radius 2 is 2.08 bits per heavy atom. The fraction of sp³-hybridized carbons (Fsp3) is 0.727. The van der Waals surface area contributed by atoms with Gasteiger partial charge in [-0.15, -0.1) is 0 Å². The van der Waals surface area contributed by atoms with Crippen LogP contribution in [0.5, 0.6) is 0 Å². The van der Waals surface area contributed by atoms with Crippen molar-refractivity contribution in [2.24, 2.45) is 11.7 Å². The molecule has 1 aromatic rings. The van der Waals surface area contributed by atoms with Gasteiger partial charge in [0.05, 0.1) is 25.9 Å². The van der Waals surface area contributed by atoms with E-state index in [1.165, 1.54) is 16.7 Å². The molecule has 1 fully saturated rings. The number of benzene rings is 1. The molecule has 0 amide bonds. The first-order valence-corrected chi connectivity index (χ1v) is 10.2. The van der Waals surface area contributed by atoms with Gasteiger partial charge in [0.15, 0.2) is 0 Å². The number of ether oxygens (including phenoxy) is 2. The standard InChI is InChI=1S/C22H35NO3/c1-16(2)14-25-9-10-26-21-6-5-17-11-18(3-4-19(17)12-21)20-7-8-22(23,13-20)15-24/h3-4,11,16,20-21,24H,5-10,12-15,23H2,1-2H3/t20-,21-,22+/m0/s1. The molecule has 3 rings (SSSR count). The molecule has 0 spiro atoms. The van der Waals surface area contributed by atoms with Gasteiger partial charge in [-0.2, -0.15) is 0 Å². The Bertz CT molecular complexity index is 589. The normalized spacial score (nSPS) is 28.5.